The molecule has 0 fully saturated rings. The Kier molecular flexibility index (Phi) is 11.3. The lowest BCUT2D eigenvalue weighted by atomic mass is 10.3. The zero-order chi connectivity index (χ0) is 16.3. The molecule has 0 amide bonds. The fourth-order valence-electron chi connectivity index (χ4n) is 1.75. The Balaban J connectivity index is 4.65. The third kappa shape index (κ3) is 8.73. The summed E-state index contributed by atoms with van der Waals surface area (Å²) in [6.45, 7) is 12.7. The van der Waals surface area contributed by atoms with E-state index in [1.165, 1.54) is 4.31 Å². The van der Waals surface area contributed by atoms with Crippen molar-refractivity contribution >= 4 is 10.0 Å². The van der Waals surface area contributed by atoms with Gasteiger partial charge in [-0.05, 0) is 20.8 Å². The molecule has 21 heavy (non-hydrogen) atoms. The molecule has 0 saturated carbocycles. The van der Waals surface area contributed by atoms with Gasteiger partial charge in [0.15, 0.2) is 0 Å². The Morgan fingerprint density at radius 1 is 1.00 bits per heavy atom. The molecule has 0 rings (SSSR count). The van der Waals surface area contributed by atoms with Crippen molar-refractivity contribution < 1.29 is 17.9 Å². The fourth-order valence-corrected chi connectivity index (χ4v) is 3.22. The highest BCUT2D eigenvalue weighted by atomic mass is 32.2. The normalized spacial score (nSPS) is 14.0. The molecule has 0 aromatic heterocycles. The number of hydrogen-bond donors (Lipinski definition) is 1. The standard InChI is InChI=1S/C14H32N2O4S/c1-6-19-10-8-16(9-11-20-7-2)21(17,18)14(5)12-15-13(3)4/h13-15H,6-12H2,1-5H3. The average Bonchev–Trinajstić information content (AvgIpc) is 2.43. The van der Waals surface area contributed by atoms with E-state index < -0.39 is 15.3 Å². The van der Waals surface area contributed by atoms with E-state index in [9.17, 15) is 8.42 Å². The maximum absolute atomic E-state index is 12.6. The minimum Gasteiger partial charge on any atom is -0.380 e. The van der Waals surface area contributed by atoms with Crippen molar-refractivity contribution in [1.82, 2.24) is 9.62 Å². The van der Waals surface area contributed by atoms with Crippen LogP contribution in [0.2, 0.25) is 0 Å². The molecule has 0 aliphatic carbocycles. The van der Waals surface area contributed by atoms with E-state index in [0.717, 1.165) is 0 Å². The van der Waals surface area contributed by atoms with E-state index in [1.807, 2.05) is 27.7 Å². The molecule has 0 saturated heterocycles. The molecule has 0 aromatic carbocycles. The molecule has 0 heterocycles. The zero-order valence-electron chi connectivity index (χ0n) is 14.1. The maximum Gasteiger partial charge on any atom is 0.218 e. The molecule has 0 radical (unpaired) electrons. The molecule has 0 aromatic rings. The minimum atomic E-state index is -3.35. The van der Waals surface area contributed by atoms with Gasteiger partial charge in [-0.1, -0.05) is 13.8 Å². The summed E-state index contributed by atoms with van der Waals surface area (Å²) in [5.41, 5.74) is 0. The SMILES string of the molecule is CCOCCN(CCOCC)S(=O)(=O)C(C)CNC(C)C. The van der Waals surface area contributed by atoms with Crippen molar-refractivity contribution in [3.63, 3.8) is 0 Å². The summed E-state index contributed by atoms with van der Waals surface area (Å²) in [7, 11) is -3.35. The summed E-state index contributed by atoms with van der Waals surface area (Å²) in [5.74, 6) is 0. The van der Waals surface area contributed by atoms with Crippen LogP contribution in [0.25, 0.3) is 0 Å². The van der Waals surface area contributed by atoms with E-state index in [-0.39, 0.29) is 6.04 Å². The molecule has 128 valence electrons. The Labute approximate surface area is 130 Å². The Bertz CT molecular complexity index is 337. The van der Waals surface area contributed by atoms with Gasteiger partial charge in [-0.25, -0.2) is 8.42 Å². The molecule has 6 nitrogen and oxygen atoms in total. The van der Waals surface area contributed by atoms with Gasteiger partial charge in [0.2, 0.25) is 10.0 Å². The van der Waals surface area contributed by atoms with Crippen LogP contribution >= 0.6 is 0 Å². The number of ether oxygens (including phenoxy) is 2. The summed E-state index contributed by atoms with van der Waals surface area (Å²) in [4.78, 5) is 0. The minimum absolute atomic E-state index is 0.267. The Hall–Kier alpha value is -0.210. The second kappa shape index (κ2) is 11.4. The highest BCUT2D eigenvalue weighted by Gasteiger charge is 2.28. The fraction of sp³-hybridized carbons (Fsp3) is 1.00. The van der Waals surface area contributed by atoms with Crippen LogP contribution in [0, 0.1) is 0 Å². The number of rotatable bonds is 13. The van der Waals surface area contributed by atoms with Crippen LogP contribution in [0.1, 0.15) is 34.6 Å². The van der Waals surface area contributed by atoms with Crippen molar-refractivity contribution in [2.75, 3.05) is 46.1 Å². The van der Waals surface area contributed by atoms with Crippen LogP contribution in [-0.4, -0.2) is 70.1 Å². The van der Waals surface area contributed by atoms with E-state index in [2.05, 4.69) is 5.32 Å². The van der Waals surface area contributed by atoms with E-state index in [0.29, 0.717) is 46.1 Å². The van der Waals surface area contributed by atoms with Crippen molar-refractivity contribution in [2.45, 2.75) is 45.9 Å². The van der Waals surface area contributed by atoms with Gasteiger partial charge in [0.1, 0.15) is 0 Å². The summed E-state index contributed by atoms with van der Waals surface area (Å²) in [5, 5.41) is 2.70. The Morgan fingerprint density at radius 3 is 1.86 bits per heavy atom. The van der Waals surface area contributed by atoms with Gasteiger partial charge in [0.25, 0.3) is 0 Å². The lowest BCUT2D eigenvalue weighted by molar-refractivity contribution is 0.110. The van der Waals surface area contributed by atoms with Crippen LogP contribution in [0.15, 0.2) is 0 Å². The first-order valence-electron chi connectivity index (χ1n) is 7.74. The third-order valence-electron chi connectivity index (χ3n) is 3.06. The molecular weight excluding hydrogens is 292 g/mol. The summed E-state index contributed by atoms with van der Waals surface area (Å²) >= 11 is 0. The topological polar surface area (TPSA) is 67.9 Å². The molecule has 1 unspecified atom stereocenters. The molecular formula is C14H32N2O4S. The maximum atomic E-state index is 12.6. The smallest absolute Gasteiger partial charge is 0.218 e. The summed E-state index contributed by atoms with van der Waals surface area (Å²) in [6, 6.07) is 0.267. The predicted octanol–water partition coefficient (Wildman–Crippen LogP) is 1.08. The molecule has 7 heteroatoms. The quantitative estimate of drug-likeness (QED) is 0.514. The van der Waals surface area contributed by atoms with Gasteiger partial charge in [-0.2, -0.15) is 4.31 Å². The molecule has 0 bridgehead atoms. The highest BCUT2D eigenvalue weighted by molar-refractivity contribution is 7.89. The van der Waals surface area contributed by atoms with E-state index in [1.54, 1.807) is 6.92 Å². The van der Waals surface area contributed by atoms with Crippen molar-refractivity contribution in [3.05, 3.63) is 0 Å². The lowest BCUT2D eigenvalue weighted by Gasteiger charge is -2.26. The molecule has 1 N–H and O–H groups in total. The second-order valence-electron chi connectivity index (χ2n) is 5.21. The van der Waals surface area contributed by atoms with Crippen molar-refractivity contribution in [3.8, 4) is 0 Å². The first-order valence-corrected chi connectivity index (χ1v) is 9.24. The summed E-state index contributed by atoms with van der Waals surface area (Å²) < 4.78 is 37.3. The highest BCUT2D eigenvalue weighted by Crippen LogP contribution is 2.09. The first-order chi connectivity index (χ1) is 9.86. The van der Waals surface area contributed by atoms with Crippen molar-refractivity contribution in [1.29, 1.82) is 0 Å². The van der Waals surface area contributed by atoms with Crippen LogP contribution in [-0.2, 0) is 19.5 Å². The molecule has 0 aliphatic rings. The van der Waals surface area contributed by atoms with Gasteiger partial charge in [-0.3, -0.25) is 0 Å². The Morgan fingerprint density at radius 2 is 1.48 bits per heavy atom. The number of nitrogens with zero attached hydrogens (tertiary/aromatic N) is 1. The van der Waals surface area contributed by atoms with Gasteiger partial charge in [-0.15, -0.1) is 0 Å². The number of sulfonamides is 1. The van der Waals surface area contributed by atoms with Gasteiger partial charge >= 0.3 is 0 Å². The van der Waals surface area contributed by atoms with Crippen molar-refractivity contribution in [2.24, 2.45) is 0 Å². The third-order valence-corrected chi connectivity index (χ3v) is 5.33. The number of hydrogen-bond acceptors (Lipinski definition) is 5. The van der Waals surface area contributed by atoms with E-state index >= 15 is 0 Å². The van der Waals surface area contributed by atoms with Gasteiger partial charge in [0, 0.05) is 38.9 Å². The first kappa shape index (κ1) is 20.8. The molecule has 0 aliphatic heterocycles. The van der Waals surface area contributed by atoms with Gasteiger partial charge in [0.05, 0.1) is 18.5 Å². The van der Waals surface area contributed by atoms with Gasteiger partial charge < -0.3 is 14.8 Å². The van der Waals surface area contributed by atoms with Crippen LogP contribution < -0.4 is 5.32 Å². The predicted molar refractivity (Wildman–Crippen MR) is 86.1 cm³/mol. The zero-order valence-corrected chi connectivity index (χ0v) is 14.9. The lowest BCUT2D eigenvalue weighted by Crippen LogP contribution is -2.45. The molecule has 0 spiro atoms. The second-order valence-corrected chi connectivity index (χ2v) is 7.56. The average molecular weight is 324 g/mol. The molecule has 1 atom stereocenters. The van der Waals surface area contributed by atoms with Crippen LogP contribution in [0.3, 0.4) is 0 Å². The van der Waals surface area contributed by atoms with Crippen LogP contribution in [0.4, 0.5) is 0 Å². The van der Waals surface area contributed by atoms with E-state index in [4.69, 9.17) is 9.47 Å². The monoisotopic (exact) mass is 324 g/mol. The number of nitrogens with one attached hydrogen (secondary N) is 1. The van der Waals surface area contributed by atoms with Crippen LogP contribution in [0.5, 0.6) is 0 Å². The largest absolute Gasteiger partial charge is 0.380 e. The summed E-state index contributed by atoms with van der Waals surface area (Å²) in [6.07, 6.45) is 0.